The Bertz CT molecular complexity index is 2870. The Morgan fingerprint density at radius 3 is 2.47 bits per heavy atom. The van der Waals surface area contributed by atoms with Gasteiger partial charge in [-0.15, -0.1) is 0 Å². The van der Waals surface area contributed by atoms with E-state index in [9.17, 15) is 5.26 Å². The van der Waals surface area contributed by atoms with E-state index in [2.05, 4.69) is 155 Å². The van der Waals surface area contributed by atoms with Gasteiger partial charge in [-0.1, -0.05) is 97.6 Å². The molecule has 4 heterocycles. The molecule has 0 radical (unpaired) electrons. The van der Waals surface area contributed by atoms with Gasteiger partial charge < -0.3 is 14.1 Å². The highest BCUT2D eigenvalue weighted by Crippen LogP contribution is 2.42. The molecular formula is C48H39N5. The number of aromatic nitrogens is 3. The number of hydrogen-bond donors (Lipinski definition) is 1. The quantitative estimate of drug-likeness (QED) is 0.137. The summed E-state index contributed by atoms with van der Waals surface area (Å²) in [6, 6.07) is 35.0. The van der Waals surface area contributed by atoms with E-state index in [1.165, 1.54) is 71.7 Å². The number of benzene rings is 4. The summed E-state index contributed by atoms with van der Waals surface area (Å²) in [6.45, 7) is 6.68. The summed E-state index contributed by atoms with van der Waals surface area (Å²) in [5.74, 6) is 0. The molecule has 1 N–H and O–H groups in total. The molecule has 5 heteroatoms. The second-order valence-corrected chi connectivity index (χ2v) is 14.5. The van der Waals surface area contributed by atoms with Crippen LogP contribution < -0.4 is 0 Å². The zero-order valence-corrected chi connectivity index (χ0v) is 29.8. The minimum absolute atomic E-state index is 0.112. The molecular weight excluding hydrogens is 647 g/mol. The van der Waals surface area contributed by atoms with Crippen LogP contribution in [0.1, 0.15) is 66.5 Å². The molecule has 0 saturated carbocycles. The summed E-state index contributed by atoms with van der Waals surface area (Å²) in [5.41, 5.74) is 14.3. The average Bonchev–Trinajstić information content (AvgIpc) is 3.88. The van der Waals surface area contributed by atoms with Crippen LogP contribution in [0.2, 0.25) is 0 Å². The highest BCUT2D eigenvalue weighted by atomic mass is 15.1. The Kier molecular flexibility index (Phi) is 7.33. The fourth-order valence-electron chi connectivity index (χ4n) is 9.19. The first kappa shape index (κ1) is 31.4. The Morgan fingerprint density at radius 2 is 1.60 bits per heavy atom. The van der Waals surface area contributed by atoms with Gasteiger partial charge in [0.15, 0.2) is 0 Å². The number of para-hydroxylation sites is 4. The van der Waals surface area contributed by atoms with Gasteiger partial charge in [-0.2, -0.15) is 5.26 Å². The van der Waals surface area contributed by atoms with Crippen molar-refractivity contribution in [3.8, 4) is 6.07 Å². The molecule has 256 valence electrons. The number of dihydropyridines is 1. The number of nitriles is 1. The fraction of sp³-hybridized carbons (Fsp3) is 0.167. The minimum atomic E-state index is -0.147. The number of aryl methyl sites for hydroxylation is 2. The van der Waals surface area contributed by atoms with E-state index in [0.29, 0.717) is 11.1 Å². The van der Waals surface area contributed by atoms with Crippen molar-refractivity contribution in [3.05, 3.63) is 167 Å². The van der Waals surface area contributed by atoms with Gasteiger partial charge in [0.25, 0.3) is 0 Å². The SMILES string of the molecule is C=C(C1=NC(n2c3c(c4ccccc42)CCC=C3)CC=C1)/C(C#N)=C\C(C)n1c2ccccc2c2cccc(C3=CCCc4c3[nH]c3ccccc43)c21. The highest BCUT2D eigenvalue weighted by Gasteiger charge is 2.26. The van der Waals surface area contributed by atoms with Crippen LogP contribution in [-0.2, 0) is 12.8 Å². The molecule has 2 atom stereocenters. The molecule has 0 amide bonds. The maximum atomic E-state index is 10.7. The van der Waals surface area contributed by atoms with Crippen molar-refractivity contribution in [2.45, 2.75) is 51.2 Å². The van der Waals surface area contributed by atoms with Crippen LogP contribution in [0.5, 0.6) is 0 Å². The van der Waals surface area contributed by atoms with Crippen LogP contribution in [0.15, 0.2) is 144 Å². The van der Waals surface area contributed by atoms with Crippen molar-refractivity contribution in [2.75, 3.05) is 0 Å². The van der Waals surface area contributed by atoms with Crippen molar-refractivity contribution in [2.24, 2.45) is 4.99 Å². The van der Waals surface area contributed by atoms with E-state index in [1.54, 1.807) is 0 Å². The second kappa shape index (κ2) is 12.4. The van der Waals surface area contributed by atoms with Crippen LogP contribution in [0.4, 0.5) is 0 Å². The van der Waals surface area contributed by atoms with Gasteiger partial charge >= 0.3 is 0 Å². The fourth-order valence-corrected chi connectivity index (χ4v) is 9.19. The van der Waals surface area contributed by atoms with Gasteiger partial charge in [0.2, 0.25) is 0 Å². The zero-order chi connectivity index (χ0) is 35.6. The van der Waals surface area contributed by atoms with Crippen LogP contribution >= 0.6 is 0 Å². The number of H-pyrrole nitrogens is 1. The lowest BCUT2D eigenvalue weighted by Gasteiger charge is -2.23. The lowest BCUT2D eigenvalue weighted by atomic mass is 9.90. The number of fused-ring (bicyclic) bond motifs is 9. The van der Waals surface area contributed by atoms with Crippen LogP contribution in [-0.4, -0.2) is 19.8 Å². The summed E-state index contributed by atoms with van der Waals surface area (Å²) in [6.07, 6.45) is 18.0. The molecule has 7 aromatic rings. The minimum Gasteiger partial charge on any atom is -0.354 e. The largest absolute Gasteiger partial charge is 0.354 e. The molecule has 4 aromatic carbocycles. The average molecular weight is 686 g/mol. The van der Waals surface area contributed by atoms with Crippen molar-refractivity contribution >= 4 is 61.0 Å². The predicted molar refractivity (Wildman–Crippen MR) is 220 cm³/mol. The number of aliphatic imine (C=N–C) groups is 1. The summed E-state index contributed by atoms with van der Waals surface area (Å²) < 4.78 is 4.79. The lowest BCUT2D eigenvalue weighted by molar-refractivity contribution is 0.540. The maximum Gasteiger partial charge on any atom is 0.129 e. The van der Waals surface area contributed by atoms with Gasteiger partial charge in [-0.3, -0.25) is 4.99 Å². The molecule has 3 aliphatic rings. The Morgan fingerprint density at radius 1 is 0.849 bits per heavy atom. The van der Waals surface area contributed by atoms with Gasteiger partial charge in [-0.25, -0.2) is 0 Å². The molecule has 3 aromatic heterocycles. The maximum absolute atomic E-state index is 10.7. The molecule has 0 spiro atoms. The standard InChI is InChI=1S/C48H39N5/c1-30(28-32(29-49)31(2)41-23-13-27-46(50-41)53-44-25-9-4-15-34(44)35-16-5-10-26-45(35)53)52-43-24-8-6-17-36(43)39-20-12-21-40(48(39)52)38-19-11-18-37-33-14-3-7-22-42(33)51-47(37)38/h3-4,6-10,12-15,17,19-26,28,30,46,51H,2,5,11,16,18,27H2,1H3/b32-28-. The number of aromatic amines is 1. The third-order valence-electron chi connectivity index (χ3n) is 11.5. The first-order chi connectivity index (χ1) is 26.1. The van der Waals surface area contributed by atoms with E-state index in [4.69, 9.17) is 4.99 Å². The first-order valence-electron chi connectivity index (χ1n) is 18.8. The number of nitrogens with one attached hydrogen (secondary N) is 1. The van der Waals surface area contributed by atoms with Crippen LogP contribution in [0.25, 0.3) is 55.3 Å². The molecule has 0 saturated heterocycles. The summed E-state index contributed by atoms with van der Waals surface area (Å²) >= 11 is 0. The normalized spacial score (nSPS) is 17.5. The molecule has 2 aliphatic carbocycles. The van der Waals surface area contributed by atoms with E-state index in [-0.39, 0.29) is 12.2 Å². The predicted octanol–water partition coefficient (Wildman–Crippen LogP) is 11.7. The Balaban J connectivity index is 1.07. The summed E-state index contributed by atoms with van der Waals surface area (Å²) in [7, 11) is 0. The summed E-state index contributed by atoms with van der Waals surface area (Å²) in [5, 5.41) is 15.7. The van der Waals surface area contributed by atoms with Crippen molar-refractivity contribution < 1.29 is 0 Å². The lowest BCUT2D eigenvalue weighted by Crippen LogP contribution is -2.15. The Labute approximate surface area is 308 Å². The third-order valence-corrected chi connectivity index (χ3v) is 11.5. The molecule has 0 fully saturated rings. The summed E-state index contributed by atoms with van der Waals surface area (Å²) in [4.78, 5) is 9.06. The molecule has 0 bridgehead atoms. The molecule has 53 heavy (non-hydrogen) atoms. The first-order valence-corrected chi connectivity index (χ1v) is 18.8. The van der Waals surface area contributed by atoms with Gasteiger partial charge in [0, 0.05) is 61.4 Å². The Hall–Kier alpha value is -6.38. The van der Waals surface area contributed by atoms with Crippen molar-refractivity contribution in [1.29, 1.82) is 5.26 Å². The van der Waals surface area contributed by atoms with E-state index < -0.39 is 0 Å². The number of nitrogens with zero attached hydrogens (tertiary/aromatic N) is 4. The third kappa shape index (κ3) is 4.86. The monoisotopic (exact) mass is 685 g/mol. The number of rotatable bonds is 6. The number of allylic oxidation sites excluding steroid dienone is 6. The topological polar surface area (TPSA) is 61.8 Å². The second-order valence-electron chi connectivity index (χ2n) is 14.5. The molecule has 5 nitrogen and oxygen atoms in total. The van der Waals surface area contributed by atoms with Crippen molar-refractivity contribution in [3.63, 3.8) is 0 Å². The molecule has 10 rings (SSSR count). The number of hydrogen-bond acceptors (Lipinski definition) is 2. The highest BCUT2D eigenvalue weighted by molar-refractivity contribution is 6.13. The van der Waals surface area contributed by atoms with Crippen LogP contribution in [0, 0.1) is 11.3 Å². The van der Waals surface area contributed by atoms with E-state index >= 15 is 0 Å². The van der Waals surface area contributed by atoms with E-state index in [0.717, 1.165) is 43.3 Å². The van der Waals surface area contributed by atoms with Gasteiger partial charge in [-0.05, 0) is 80.2 Å². The van der Waals surface area contributed by atoms with Gasteiger partial charge in [0.1, 0.15) is 6.17 Å². The van der Waals surface area contributed by atoms with Gasteiger partial charge in [0.05, 0.1) is 40.1 Å². The molecule has 2 unspecified atom stereocenters. The van der Waals surface area contributed by atoms with E-state index in [1.807, 2.05) is 6.08 Å². The van der Waals surface area contributed by atoms with Crippen LogP contribution in [0.3, 0.4) is 0 Å². The molecule has 1 aliphatic heterocycles. The smallest absolute Gasteiger partial charge is 0.129 e. The zero-order valence-electron chi connectivity index (χ0n) is 29.8. The van der Waals surface area contributed by atoms with Crippen molar-refractivity contribution in [1.82, 2.24) is 14.1 Å².